The number of phenolic OH excluding ortho intramolecular Hbond substituents is 1. The van der Waals surface area contributed by atoms with Gasteiger partial charge in [0.25, 0.3) is 0 Å². The lowest BCUT2D eigenvalue weighted by atomic mass is 9.84. The van der Waals surface area contributed by atoms with E-state index in [4.69, 9.17) is 4.74 Å². The second-order valence-corrected chi connectivity index (χ2v) is 9.55. The smallest absolute Gasteiger partial charge is 0.310 e. The van der Waals surface area contributed by atoms with Crippen molar-refractivity contribution in [3.8, 4) is 5.75 Å². The van der Waals surface area contributed by atoms with E-state index in [-0.39, 0.29) is 17.8 Å². The molecular weight excluding hydrogens is 451 g/mol. The molecule has 1 aromatic carbocycles. The molecule has 0 aromatic heterocycles. The summed E-state index contributed by atoms with van der Waals surface area (Å²) in [6.07, 6.45) is 10.2. The van der Waals surface area contributed by atoms with Crippen LogP contribution in [0, 0.1) is 6.92 Å². The highest BCUT2D eigenvalue weighted by atomic mass is 127. The first-order valence-corrected chi connectivity index (χ1v) is 11.8. The summed E-state index contributed by atoms with van der Waals surface area (Å²) in [5.41, 5.74) is 2.43. The Labute approximate surface area is 179 Å². The Hall–Kier alpha value is -0.780. The number of unbranched alkanes of at least 4 members (excludes halogenated alkanes) is 7. The van der Waals surface area contributed by atoms with Crippen LogP contribution in [0.2, 0.25) is 0 Å². The van der Waals surface area contributed by atoms with Gasteiger partial charge in [-0.2, -0.15) is 0 Å². The molecule has 0 aliphatic heterocycles. The van der Waals surface area contributed by atoms with Crippen LogP contribution in [-0.2, 0) is 21.4 Å². The Morgan fingerprint density at radius 2 is 1.56 bits per heavy atom. The van der Waals surface area contributed by atoms with Crippen molar-refractivity contribution in [2.75, 3.05) is 11.0 Å². The molecule has 27 heavy (non-hydrogen) atoms. The molecule has 0 unspecified atom stereocenters. The lowest BCUT2D eigenvalue weighted by molar-refractivity contribution is -0.142. The van der Waals surface area contributed by atoms with Crippen molar-refractivity contribution in [2.24, 2.45) is 0 Å². The van der Waals surface area contributed by atoms with E-state index in [1.165, 1.54) is 43.0 Å². The Balaban J connectivity index is 2.28. The van der Waals surface area contributed by atoms with Crippen LogP contribution in [0.25, 0.3) is 0 Å². The van der Waals surface area contributed by atoms with Crippen molar-refractivity contribution < 1.29 is 14.6 Å². The first kappa shape index (κ1) is 24.3. The average molecular weight is 488 g/mol. The van der Waals surface area contributed by atoms with E-state index in [1.54, 1.807) is 0 Å². The van der Waals surface area contributed by atoms with Crippen LogP contribution in [0.1, 0.15) is 88.8 Å². The number of hydrogen-bond donors (Lipinski definition) is 1. The van der Waals surface area contributed by atoms with E-state index in [9.17, 15) is 9.90 Å². The van der Waals surface area contributed by atoms with Crippen LogP contribution >= 0.6 is 22.6 Å². The number of carbonyl (C=O) groups excluding carboxylic acids is 1. The van der Waals surface area contributed by atoms with Gasteiger partial charge < -0.3 is 9.84 Å². The summed E-state index contributed by atoms with van der Waals surface area (Å²) in [4.78, 5) is 12.1. The van der Waals surface area contributed by atoms with E-state index in [2.05, 4.69) is 43.4 Å². The van der Waals surface area contributed by atoms with Gasteiger partial charge in [-0.05, 0) is 46.3 Å². The first-order valence-electron chi connectivity index (χ1n) is 10.3. The third-order valence-electron chi connectivity index (χ3n) is 4.81. The van der Waals surface area contributed by atoms with Crippen molar-refractivity contribution in [1.29, 1.82) is 0 Å². The van der Waals surface area contributed by atoms with Gasteiger partial charge in [0.1, 0.15) is 5.75 Å². The molecule has 0 spiro atoms. The zero-order valence-electron chi connectivity index (χ0n) is 17.6. The number of carbonyl (C=O) groups is 1. The zero-order chi connectivity index (χ0) is 20.3. The average Bonchev–Trinajstić information content (AvgIpc) is 2.58. The summed E-state index contributed by atoms with van der Waals surface area (Å²) in [5.74, 6) is 0.146. The number of esters is 1. The van der Waals surface area contributed by atoms with Gasteiger partial charge in [-0.1, -0.05) is 94.0 Å². The molecule has 3 nitrogen and oxygen atoms in total. The number of alkyl halides is 1. The summed E-state index contributed by atoms with van der Waals surface area (Å²) in [6, 6.07) is 3.81. The highest BCUT2D eigenvalue weighted by molar-refractivity contribution is 14.1. The fourth-order valence-corrected chi connectivity index (χ4v) is 3.73. The Bertz CT molecular complexity index is 576. The molecule has 154 valence electrons. The lowest BCUT2D eigenvalue weighted by Gasteiger charge is -2.22. The van der Waals surface area contributed by atoms with Crippen molar-refractivity contribution in [2.45, 2.75) is 90.9 Å². The molecule has 0 amide bonds. The number of benzene rings is 1. The monoisotopic (exact) mass is 488 g/mol. The fourth-order valence-electron chi connectivity index (χ4n) is 3.19. The molecule has 4 heteroatoms. The highest BCUT2D eigenvalue weighted by Gasteiger charge is 2.20. The number of hydrogen-bond acceptors (Lipinski definition) is 3. The SMILES string of the molecule is Cc1cc(CC(=O)OCCCCCCCCCCI)cc(C(C)(C)C)c1O. The minimum absolute atomic E-state index is 0.162. The van der Waals surface area contributed by atoms with Crippen LogP contribution in [0.15, 0.2) is 12.1 Å². The van der Waals surface area contributed by atoms with Crippen molar-refractivity contribution in [1.82, 2.24) is 0 Å². The molecule has 0 saturated carbocycles. The predicted octanol–water partition coefficient (Wildman–Crippen LogP) is 6.64. The van der Waals surface area contributed by atoms with Gasteiger partial charge in [0, 0.05) is 0 Å². The third-order valence-corrected chi connectivity index (χ3v) is 5.57. The predicted molar refractivity (Wildman–Crippen MR) is 122 cm³/mol. The molecule has 0 bridgehead atoms. The van der Waals surface area contributed by atoms with Crippen LogP contribution in [-0.4, -0.2) is 22.1 Å². The Morgan fingerprint density at radius 3 is 2.11 bits per heavy atom. The Kier molecular flexibility index (Phi) is 11.4. The number of aryl methyl sites for hydroxylation is 1. The van der Waals surface area contributed by atoms with Crippen LogP contribution in [0.5, 0.6) is 5.75 Å². The number of halogens is 1. The Morgan fingerprint density at radius 1 is 1.00 bits per heavy atom. The van der Waals surface area contributed by atoms with Crippen LogP contribution in [0.3, 0.4) is 0 Å². The van der Waals surface area contributed by atoms with E-state index < -0.39 is 0 Å². The maximum Gasteiger partial charge on any atom is 0.310 e. The number of aromatic hydroxyl groups is 1. The minimum atomic E-state index is -0.182. The van der Waals surface area contributed by atoms with Crippen LogP contribution in [0.4, 0.5) is 0 Å². The minimum Gasteiger partial charge on any atom is -0.507 e. The molecule has 1 rings (SSSR count). The molecule has 0 aliphatic rings. The normalized spacial score (nSPS) is 11.6. The summed E-state index contributed by atoms with van der Waals surface area (Å²) < 4.78 is 6.67. The van der Waals surface area contributed by atoms with E-state index in [1.807, 2.05) is 19.1 Å². The van der Waals surface area contributed by atoms with Gasteiger partial charge in [-0.15, -0.1) is 0 Å². The van der Waals surface area contributed by atoms with Gasteiger partial charge in [-0.3, -0.25) is 4.79 Å². The molecule has 0 aliphatic carbocycles. The van der Waals surface area contributed by atoms with Gasteiger partial charge >= 0.3 is 5.97 Å². The fraction of sp³-hybridized carbons (Fsp3) is 0.696. The van der Waals surface area contributed by atoms with Crippen molar-refractivity contribution in [3.63, 3.8) is 0 Å². The molecule has 1 aromatic rings. The second-order valence-electron chi connectivity index (χ2n) is 8.47. The second kappa shape index (κ2) is 12.6. The quantitative estimate of drug-likeness (QED) is 0.155. The zero-order valence-corrected chi connectivity index (χ0v) is 19.7. The number of phenols is 1. The summed E-state index contributed by atoms with van der Waals surface area (Å²) in [5, 5.41) is 10.3. The molecule has 0 atom stereocenters. The number of ether oxygens (including phenoxy) is 1. The molecule has 0 radical (unpaired) electrons. The summed E-state index contributed by atoms with van der Waals surface area (Å²) >= 11 is 2.44. The summed E-state index contributed by atoms with van der Waals surface area (Å²) in [7, 11) is 0. The highest BCUT2D eigenvalue weighted by Crippen LogP contribution is 2.34. The largest absolute Gasteiger partial charge is 0.507 e. The molecule has 0 heterocycles. The van der Waals surface area contributed by atoms with E-state index in [0.29, 0.717) is 12.4 Å². The lowest BCUT2D eigenvalue weighted by Crippen LogP contribution is -2.14. The summed E-state index contributed by atoms with van der Waals surface area (Å²) in [6.45, 7) is 8.57. The third kappa shape index (κ3) is 9.82. The molecule has 1 N–H and O–H groups in total. The van der Waals surface area contributed by atoms with Gasteiger partial charge in [0.15, 0.2) is 0 Å². The molecule has 0 saturated heterocycles. The van der Waals surface area contributed by atoms with Gasteiger partial charge in [-0.25, -0.2) is 0 Å². The number of rotatable bonds is 12. The standard InChI is InChI=1S/C23H37IO3/c1-18-15-19(16-20(22(18)26)23(2,3)4)17-21(25)27-14-12-10-8-6-5-7-9-11-13-24/h15-16,26H,5-14,17H2,1-4H3. The topological polar surface area (TPSA) is 46.5 Å². The maximum atomic E-state index is 12.1. The molecular formula is C23H37IO3. The van der Waals surface area contributed by atoms with Crippen LogP contribution < -0.4 is 0 Å². The van der Waals surface area contributed by atoms with E-state index in [0.717, 1.165) is 29.5 Å². The van der Waals surface area contributed by atoms with Gasteiger partial charge in [0.2, 0.25) is 0 Å². The first-order chi connectivity index (χ1) is 12.8. The van der Waals surface area contributed by atoms with Gasteiger partial charge in [0.05, 0.1) is 13.0 Å². The van der Waals surface area contributed by atoms with E-state index >= 15 is 0 Å². The maximum absolute atomic E-state index is 12.1. The molecule has 0 fully saturated rings. The van der Waals surface area contributed by atoms with Crippen molar-refractivity contribution in [3.05, 3.63) is 28.8 Å². The van der Waals surface area contributed by atoms with Crippen molar-refractivity contribution >= 4 is 28.6 Å².